The summed E-state index contributed by atoms with van der Waals surface area (Å²) in [5.41, 5.74) is -0.00472. The van der Waals surface area contributed by atoms with Gasteiger partial charge in [-0.2, -0.15) is 13.2 Å². The van der Waals surface area contributed by atoms with E-state index >= 15 is 0 Å². The molecule has 0 N–H and O–H groups in total. The van der Waals surface area contributed by atoms with Crippen LogP contribution in [-0.2, 0) is 20.4 Å². The van der Waals surface area contributed by atoms with E-state index in [2.05, 4.69) is 10.9 Å². The highest BCUT2D eigenvalue weighted by Gasteiger charge is 2.39. The van der Waals surface area contributed by atoms with Gasteiger partial charge in [-0.05, 0) is 37.6 Å². The quantitative estimate of drug-likeness (QED) is 0.251. The van der Waals surface area contributed by atoms with Gasteiger partial charge < -0.3 is 14.2 Å². The van der Waals surface area contributed by atoms with Crippen molar-refractivity contribution in [1.29, 1.82) is 0 Å². The number of alkyl halides is 3. The molecule has 30 heavy (non-hydrogen) atoms. The molecule has 5 nitrogen and oxygen atoms in total. The molecular weight excluding hydrogens is 399 g/mol. The molecule has 0 aliphatic rings. The number of unbranched alkanes of at least 4 members (excludes halogenated alkanes) is 1. The van der Waals surface area contributed by atoms with Gasteiger partial charge >= 0.3 is 17.9 Å². The largest absolute Gasteiger partial charge is 0.461 e. The number of ether oxygens (including phenoxy) is 3. The Morgan fingerprint density at radius 2 is 2.00 bits per heavy atom. The lowest BCUT2D eigenvalue weighted by Crippen LogP contribution is -2.46. The number of halogens is 3. The van der Waals surface area contributed by atoms with Crippen molar-refractivity contribution in [3.8, 4) is 29.4 Å². The van der Waals surface area contributed by atoms with Crippen LogP contribution < -0.4 is 4.74 Å². The van der Waals surface area contributed by atoms with Gasteiger partial charge in [0.05, 0.1) is 24.5 Å². The molecule has 0 saturated carbocycles. The van der Waals surface area contributed by atoms with Crippen molar-refractivity contribution in [3.05, 3.63) is 48.2 Å². The third kappa shape index (κ3) is 6.22. The molecule has 1 heterocycles. The smallest absolute Gasteiger partial charge is 0.417 e. The number of pyridine rings is 1. The van der Waals surface area contributed by atoms with Gasteiger partial charge in [0, 0.05) is 25.1 Å². The fourth-order valence-corrected chi connectivity index (χ4v) is 2.51. The summed E-state index contributed by atoms with van der Waals surface area (Å²) in [5.74, 6) is 0.332. The minimum absolute atomic E-state index is 0.140. The molecule has 0 aliphatic carbocycles. The maximum absolute atomic E-state index is 12.7. The molecule has 0 amide bonds. The molecule has 160 valence electrons. The summed E-state index contributed by atoms with van der Waals surface area (Å²) in [6.45, 7) is 3.41. The van der Waals surface area contributed by atoms with Crippen LogP contribution in [0.4, 0.5) is 13.2 Å². The van der Waals surface area contributed by atoms with Crippen molar-refractivity contribution in [2.45, 2.75) is 38.7 Å². The average Bonchev–Trinajstić information content (AvgIpc) is 2.71. The Balaban J connectivity index is 2.23. The molecule has 2 aromatic rings. The fourth-order valence-electron chi connectivity index (χ4n) is 2.51. The van der Waals surface area contributed by atoms with E-state index in [1.807, 2.05) is 0 Å². The third-order valence-electron chi connectivity index (χ3n) is 4.02. The van der Waals surface area contributed by atoms with Gasteiger partial charge in [-0.1, -0.05) is 12.1 Å². The number of benzene rings is 1. The van der Waals surface area contributed by atoms with Gasteiger partial charge in [0.1, 0.15) is 5.75 Å². The van der Waals surface area contributed by atoms with Gasteiger partial charge in [-0.15, -0.1) is 12.3 Å². The number of aromatic nitrogens is 1. The monoisotopic (exact) mass is 421 g/mol. The molecule has 0 bridgehead atoms. The van der Waals surface area contributed by atoms with Crippen LogP contribution in [0.1, 0.15) is 32.3 Å². The standard InChI is InChI=1S/C22H22F3NO4/c1-4-6-7-13-29-21(3,20(27)28-5-2)30-18-10-8-9-16(14-18)19-12-11-17(15-26-19)22(23,24)25/h1,8-12,14-15H,5-7,13H2,2-3H3. The van der Waals surface area contributed by atoms with E-state index in [4.69, 9.17) is 20.6 Å². The summed E-state index contributed by atoms with van der Waals surface area (Å²) in [6.07, 6.45) is 2.53. The first-order chi connectivity index (χ1) is 14.2. The zero-order valence-corrected chi connectivity index (χ0v) is 16.7. The lowest BCUT2D eigenvalue weighted by molar-refractivity contribution is -0.211. The van der Waals surface area contributed by atoms with Crippen LogP contribution in [0, 0.1) is 12.3 Å². The zero-order chi connectivity index (χ0) is 22.2. The number of hydrogen-bond donors (Lipinski definition) is 0. The lowest BCUT2D eigenvalue weighted by Gasteiger charge is -2.28. The Kier molecular flexibility index (Phi) is 7.84. The Hall–Kier alpha value is -3.05. The van der Waals surface area contributed by atoms with E-state index in [1.165, 1.54) is 13.0 Å². The minimum atomic E-state index is -4.46. The molecule has 0 fully saturated rings. The molecule has 2 rings (SSSR count). The lowest BCUT2D eigenvalue weighted by atomic mass is 10.1. The van der Waals surface area contributed by atoms with Crippen molar-refractivity contribution in [1.82, 2.24) is 4.98 Å². The number of hydrogen-bond acceptors (Lipinski definition) is 5. The van der Waals surface area contributed by atoms with Crippen LogP contribution in [0.2, 0.25) is 0 Å². The molecule has 1 aromatic heterocycles. The van der Waals surface area contributed by atoms with Crippen LogP contribution in [0.3, 0.4) is 0 Å². The Bertz CT molecular complexity index is 890. The molecule has 0 saturated heterocycles. The summed E-state index contributed by atoms with van der Waals surface area (Å²) in [7, 11) is 0. The normalized spacial score (nSPS) is 13.2. The fraction of sp³-hybridized carbons (Fsp3) is 0.364. The van der Waals surface area contributed by atoms with Gasteiger partial charge in [0.25, 0.3) is 0 Å². The summed E-state index contributed by atoms with van der Waals surface area (Å²) in [4.78, 5) is 16.3. The maximum Gasteiger partial charge on any atom is 0.417 e. The zero-order valence-electron chi connectivity index (χ0n) is 16.7. The van der Waals surface area contributed by atoms with Crippen molar-refractivity contribution in [2.24, 2.45) is 0 Å². The second-order valence-corrected chi connectivity index (χ2v) is 6.38. The maximum atomic E-state index is 12.7. The van der Waals surface area contributed by atoms with Gasteiger partial charge in [0.15, 0.2) is 0 Å². The summed E-state index contributed by atoms with van der Waals surface area (Å²) >= 11 is 0. The van der Waals surface area contributed by atoms with Crippen LogP contribution in [0.5, 0.6) is 5.75 Å². The van der Waals surface area contributed by atoms with Crippen LogP contribution in [0.25, 0.3) is 11.3 Å². The molecular formula is C22H22F3NO4. The van der Waals surface area contributed by atoms with E-state index in [9.17, 15) is 18.0 Å². The highest BCUT2D eigenvalue weighted by molar-refractivity contribution is 5.78. The average molecular weight is 421 g/mol. The van der Waals surface area contributed by atoms with Crippen molar-refractivity contribution < 1.29 is 32.2 Å². The molecule has 8 heteroatoms. The van der Waals surface area contributed by atoms with Crippen molar-refractivity contribution in [2.75, 3.05) is 13.2 Å². The van der Waals surface area contributed by atoms with Crippen molar-refractivity contribution >= 4 is 5.97 Å². The second-order valence-electron chi connectivity index (χ2n) is 6.38. The Morgan fingerprint density at radius 1 is 1.23 bits per heavy atom. The minimum Gasteiger partial charge on any atom is -0.461 e. The third-order valence-corrected chi connectivity index (χ3v) is 4.02. The van der Waals surface area contributed by atoms with Crippen LogP contribution in [0.15, 0.2) is 42.6 Å². The Morgan fingerprint density at radius 3 is 2.60 bits per heavy atom. The van der Waals surface area contributed by atoms with E-state index in [1.54, 1.807) is 31.2 Å². The SMILES string of the molecule is C#CCCCOC(C)(Oc1cccc(-c2ccc(C(F)(F)F)cn2)c1)C(=O)OCC. The van der Waals surface area contributed by atoms with E-state index in [0.717, 1.165) is 12.3 Å². The first kappa shape index (κ1) is 23.2. The predicted molar refractivity (Wildman–Crippen MR) is 104 cm³/mol. The molecule has 0 radical (unpaired) electrons. The first-order valence-corrected chi connectivity index (χ1v) is 9.27. The number of nitrogens with zero attached hydrogens (tertiary/aromatic N) is 1. The van der Waals surface area contributed by atoms with Crippen LogP contribution >= 0.6 is 0 Å². The predicted octanol–water partition coefficient (Wildman–Crippen LogP) is 4.86. The number of rotatable bonds is 9. The summed E-state index contributed by atoms with van der Waals surface area (Å²) in [5, 5.41) is 0. The van der Waals surface area contributed by atoms with E-state index in [-0.39, 0.29) is 19.0 Å². The van der Waals surface area contributed by atoms with Gasteiger partial charge in [-0.25, -0.2) is 4.79 Å². The molecule has 0 spiro atoms. The molecule has 1 atom stereocenters. The Labute approximate surface area is 173 Å². The van der Waals surface area contributed by atoms with E-state index < -0.39 is 23.5 Å². The molecule has 1 aromatic carbocycles. The second kappa shape index (κ2) is 10.1. The highest BCUT2D eigenvalue weighted by atomic mass is 19.4. The van der Waals surface area contributed by atoms with Crippen molar-refractivity contribution in [3.63, 3.8) is 0 Å². The number of carbonyl (C=O) groups is 1. The number of esters is 1. The van der Waals surface area contributed by atoms with Gasteiger partial charge in [-0.3, -0.25) is 4.98 Å². The number of terminal acetylenes is 1. The first-order valence-electron chi connectivity index (χ1n) is 9.27. The highest BCUT2D eigenvalue weighted by Crippen LogP contribution is 2.31. The summed E-state index contributed by atoms with van der Waals surface area (Å²) < 4.78 is 54.6. The van der Waals surface area contributed by atoms with Gasteiger partial charge in [0.2, 0.25) is 0 Å². The van der Waals surface area contributed by atoms with Crippen LogP contribution in [-0.4, -0.2) is 30.0 Å². The molecule has 0 aliphatic heterocycles. The topological polar surface area (TPSA) is 57.7 Å². The summed E-state index contributed by atoms with van der Waals surface area (Å²) in [6, 6.07) is 8.66. The van der Waals surface area contributed by atoms with E-state index in [0.29, 0.717) is 24.1 Å². The number of carbonyl (C=O) groups excluding carboxylic acids is 1. The molecule has 1 unspecified atom stereocenters.